The molecule has 1 atom stereocenters. The average molecular weight is 370 g/mol. The lowest BCUT2D eigenvalue weighted by Gasteiger charge is -2.34. The number of fused-ring (bicyclic) bond motifs is 1. The second-order valence-electron chi connectivity index (χ2n) is 7.19. The molecule has 1 aliphatic heterocycles. The summed E-state index contributed by atoms with van der Waals surface area (Å²) >= 11 is 0. The molecule has 0 bridgehead atoms. The molecule has 0 unspecified atom stereocenters. The van der Waals surface area contributed by atoms with Crippen LogP contribution in [0.4, 0.5) is 17.3 Å². The van der Waals surface area contributed by atoms with Crippen LogP contribution in [0.1, 0.15) is 24.3 Å². The van der Waals surface area contributed by atoms with Gasteiger partial charge in [0.15, 0.2) is 0 Å². The van der Waals surface area contributed by atoms with Gasteiger partial charge in [-0.05, 0) is 48.7 Å². The van der Waals surface area contributed by atoms with Gasteiger partial charge in [-0.2, -0.15) is 0 Å². The summed E-state index contributed by atoms with van der Waals surface area (Å²) in [5.74, 6) is 2.36. The zero-order valence-electron chi connectivity index (χ0n) is 15.5. The number of piperidine rings is 1. The summed E-state index contributed by atoms with van der Waals surface area (Å²) in [6.45, 7) is 1.99. The number of H-pyrrole nitrogens is 1. The van der Waals surface area contributed by atoms with E-state index in [0.29, 0.717) is 5.92 Å². The van der Waals surface area contributed by atoms with E-state index in [1.165, 1.54) is 12.0 Å². The summed E-state index contributed by atoms with van der Waals surface area (Å²) in [6, 6.07) is 16.6. The quantitative estimate of drug-likeness (QED) is 0.554. The molecule has 2 N–H and O–H groups in total. The molecule has 6 nitrogen and oxygen atoms in total. The highest BCUT2D eigenvalue weighted by molar-refractivity contribution is 5.87. The second-order valence-corrected chi connectivity index (χ2v) is 7.19. The summed E-state index contributed by atoms with van der Waals surface area (Å²) in [5, 5.41) is 4.49. The number of anilines is 3. The zero-order valence-corrected chi connectivity index (χ0v) is 15.5. The lowest BCUT2D eigenvalue weighted by Crippen LogP contribution is -2.35. The van der Waals surface area contributed by atoms with Crippen LogP contribution in [0.2, 0.25) is 0 Å². The number of nitrogens with one attached hydrogen (secondary N) is 2. The normalized spacial score (nSPS) is 17.0. The van der Waals surface area contributed by atoms with E-state index in [4.69, 9.17) is 0 Å². The Hall–Kier alpha value is -3.41. The maximum Gasteiger partial charge on any atom is 0.142 e. The highest BCUT2D eigenvalue weighted by Crippen LogP contribution is 2.33. The Morgan fingerprint density at radius 1 is 1.04 bits per heavy atom. The Morgan fingerprint density at radius 2 is 2.04 bits per heavy atom. The summed E-state index contributed by atoms with van der Waals surface area (Å²) < 4.78 is 0. The van der Waals surface area contributed by atoms with Gasteiger partial charge in [0.25, 0.3) is 0 Å². The lowest BCUT2D eigenvalue weighted by molar-refractivity contribution is 0.508. The molecule has 5 rings (SSSR count). The molecule has 1 aliphatic rings. The Labute approximate surface area is 163 Å². The van der Waals surface area contributed by atoms with Crippen LogP contribution in [-0.4, -0.2) is 33.0 Å². The monoisotopic (exact) mass is 370 g/mol. The van der Waals surface area contributed by atoms with Gasteiger partial charge in [-0.15, -0.1) is 0 Å². The molecule has 0 spiro atoms. The first-order valence-electron chi connectivity index (χ1n) is 9.68. The molecule has 0 saturated carbocycles. The number of benzene rings is 1. The van der Waals surface area contributed by atoms with Crippen LogP contribution < -0.4 is 10.2 Å². The van der Waals surface area contributed by atoms with E-state index in [2.05, 4.69) is 60.5 Å². The fourth-order valence-corrected chi connectivity index (χ4v) is 4.01. The van der Waals surface area contributed by atoms with Crippen molar-refractivity contribution in [2.24, 2.45) is 0 Å². The predicted octanol–water partition coefficient (Wildman–Crippen LogP) is 4.48. The minimum absolute atomic E-state index is 0.475. The lowest BCUT2D eigenvalue weighted by atomic mass is 9.90. The molecule has 0 amide bonds. The van der Waals surface area contributed by atoms with Crippen molar-refractivity contribution in [3.05, 3.63) is 72.8 Å². The van der Waals surface area contributed by atoms with E-state index in [1.807, 2.05) is 24.4 Å². The second kappa shape index (κ2) is 7.31. The molecular formula is C22H22N6. The van der Waals surface area contributed by atoms with Gasteiger partial charge in [-0.3, -0.25) is 0 Å². The Balaban J connectivity index is 1.38. The number of hydrogen-bond donors (Lipinski definition) is 2. The molecule has 0 aliphatic carbocycles. The molecule has 6 heteroatoms. The molecule has 4 aromatic rings. The van der Waals surface area contributed by atoms with Crippen LogP contribution in [0, 0.1) is 0 Å². The summed E-state index contributed by atoms with van der Waals surface area (Å²) in [6.07, 6.45) is 7.71. The number of hydrogen-bond acceptors (Lipinski definition) is 5. The fourth-order valence-electron chi connectivity index (χ4n) is 4.01. The van der Waals surface area contributed by atoms with Crippen LogP contribution in [0.15, 0.2) is 67.3 Å². The van der Waals surface area contributed by atoms with Crippen molar-refractivity contribution in [2.45, 2.75) is 18.8 Å². The first kappa shape index (κ1) is 16.7. The SMILES string of the molecule is c1ccc(Nc2cccc([C@H]3CCCN(c4ncnc5[nH]ccc45)C3)c2)nc1. The standard InChI is InChI=1S/C22H22N6/c1-2-10-23-20(8-1)27-18-7-3-5-16(13-18)17-6-4-12-28(14-17)22-19-9-11-24-21(19)25-15-26-22/h1-3,5,7-11,13,15,17H,4,6,12,14H2,(H,23,27)(H,24,25,26)/t17-/m0/s1. The smallest absolute Gasteiger partial charge is 0.142 e. The minimum Gasteiger partial charge on any atom is -0.355 e. The number of nitrogens with zero attached hydrogens (tertiary/aromatic N) is 4. The maximum atomic E-state index is 4.58. The summed E-state index contributed by atoms with van der Waals surface area (Å²) in [7, 11) is 0. The third-order valence-electron chi connectivity index (χ3n) is 5.35. The van der Waals surface area contributed by atoms with Gasteiger partial charge in [-0.1, -0.05) is 18.2 Å². The summed E-state index contributed by atoms with van der Waals surface area (Å²) in [4.78, 5) is 18.8. The van der Waals surface area contributed by atoms with Crippen molar-refractivity contribution in [1.29, 1.82) is 0 Å². The number of aromatic nitrogens is 4. The van der Waals surface area contributed by atoms with Gasteiger partial charge >= 0.3 is 0 Å². The van der Waals surface area contributed by atoms with Gasteiger partial charge in [0, 0.05) is 37.1 Å². The Morgan fingerprint density at radius 3 is 2.96 bits per heavy atom. The van der Waals surface area contributed by atoms with Gasteiger partial charge < -0.3 is 15.2 Å². The number of rotatable bonds is 4. The van der Waals surface area contributed by atoms with E-state index in [0.717, 1.165) is 47.9 Å². The molecule has 1 saturated heterocycles. The van der Waals surface area contributed by atoms with Crippen molar-refractivity contribution in [3.63, 3.8) is 0 Å². The maximum absolute atomic E-state index is 4.58. The fraction of sp³-hybridized carbons (Fsp3) is 0.227. The van der Waals surface area contributed by atoms with Gasteiger partial charge in [0.1, 0.15) is 23.6 Å². The Bertz CT molecular complexity index is 1070. The topological polar surface area (TPSA) is 69.7 Å². The van der Waals surface area contributed by atoms with Crippen LogP contribution in [0.3, 0.4) is 0 Å². The van der Waals surface area contributed by atoms with Gasteiger partial charge in [0.05, 0.1) is 5.39 Å². The van der Waals surface area contributed by atoms with E-state index in [1.54, 1.807) is 12.5 Å². The van der Waals surface area contributed by atoms with Gasteiger partial charge in [-0.25, -0.2) is 15.0 Å². The van der Waals surface area contributed by atoms with Crippen molar-refractivity contribution in [1.82, 2.24) is 19.9 Å². The molecule has 0 radical (unpaired) electrons. The van der Waals surface area contributed by atoms with Gasteiger partial charge in [0.2, 0.25) is 0 Å². The van der Waals surface area contributed by atoms with Crippen LogP contribution >= 0.6 is 0 Å². The third-order valence-corrected chi connectivity index (χ3v) is 5.35. The molecule has 28 heavy (non-hydrogen) atoms. The van der Waals surface area contributed by atoms with E-state index < -0.39 is 0 Å². The highest BCUT2D eigenvalue weighted by atomic mass is 15.2. The highest BCUT2D eigenvalue weighted by Gasteiger charge is 2.24. The van der Waals surface area contributed by atoms with Crippen molar-refractivity contribution in [3.8, 4) is 0 Å². The van der Waals surface area contributed by atoms with Crippen molar-refractivity contribution in [2.75, 3.05) is 23.3 Å². The molecule has 140 valence electrons. The molecule has 1 fully saturated rings. The zero-order chi connectivity index (χ0) is 18.8. The molecular weight excluding hydrogens is 348 g/mol. The van der Waals surface area contributed by atoms with E-state index >= 15 is 0 Å². The molecule has 3 aromatic heterocycles. The molecule has 1 aromatic carbocycles. The third kappa shape index (κ3) is 3.29. The van der Waals surface area contributed by atoms with Crippen molar-refractivity contribution >= 4 is 28.4 Å². The predicted molar refractivity (Wildman–Crippen MR) is 112 cm³/mol. The first-order valence-corrected chi connectivity index (χ1v) is 9.68. The number of pyridine rings is 1. The van der Waals surface area contributed by atoms with Crippen LogP contribution in [0.5, 0.6) is 0 Å². The van der Waals surface area contributed by atoms with E-state index in [9.17, 15) is 0 Å². The average Bonchev–Trinajstić information content (AvgIpc) is 3.24. The largest absolute Gasteiger partial charge is 0.355 e. The van der Waals surface area contributed by atoms with E-state index in [-0.39, 0.29) is 0 Å². The first-order chi connectivity index (χ1) is 13.9. The van der Waals surface area contributed by atoms with Crippen molar-refractivity contribution < 1.29 is 0 Å². The number of aromatic amines is 1. The van der Waals surface area contributed by atoms with Crippen LogP contribution in [0.25, 0.3) is 11.0 Å². The minimum atomic E-state index is 0.475. The Kier molecular flexibility index (Phi) is 4.37. The summed E-state index contributed by atoms with van der Waals surface area (Å²) in [5.41, 5.74) is 3.32. The van der Waals surface area contributed by atoms with Crippen LogP contribution in [-0.2, 0) is 0 Å². The molecule has 4 heterocycles.